The molecule has 1 fully saturated rings. The topological polar surface area (TPSA) is 78.8 Å². The smallest absolute Gasteiger partial charge is 0.306 e. The molecule has 0 bridgehead atoms. The Morgan fingerprint density at radius 2 is 2.24 bits per heavy atom. The van der Waals surface area contributed by atoms with Crippen molar-refractivity contribution in [2.75, 3.05) is 7.11 Å². The summed E-state index contributed by atoms with van der Waals surface area (Å²) < 4.78 is 5.07. The third-order valence-corrected chi connectivity index (χ3v) is 4.16. The highest BCUT2D eigenvalue weighted by Gasteiger charge is 2.26. The van der Waals surface area contributed by atoms with Crippen molar-refractivity contribution in [2.24, 2.45) is 5.92 Å². The first-order valence-corrected chi connectivity index (χ1v) is 7.40. The number of carboxylic acids is 1. The molecular weight excluding hydrogens is 294 g/mol. The van der Waals surface area contributed by atoms with Gasteiger partial charge in [-0.15, -0.1) is 0 Å². The fourth-order valence-corrected chi connectivity index (χ4v) is 3.00. The van der Waals surface area contributed by atoms with Gasteiger partial charge in [-0.3, -0.25) is 4.79 Å². The minimum Gasteiger partial charge on any atom is -0.504 e. The number of aliphatic carboxylic acids is 1. The number of ether oxygens (including phenoxy) is 1. The zero-order valence-electron chi connectivity index (χ0n) is 11.9. The monoisotopic (exact) mass is 313 g/mol. The van der Waals surface area contributed by atoms with Gasteiger partial charge in [0.1, 0.15) is 0 Å². The van der Waals surface area contributed by atoms with Crippen molar-refractivity contribution in [3.63, 3.8) is 0 Å². The Hall–Kier alpha value is -1.46. The molecule has 1 aliphatic rings. The van der Waals surface area contributed by atoms with E-state index < -0.39 is 5.97 Å². The molecular formula is C15H20ClNO4. The molecule has 5 nitrogen and oxygen atoms in total. The van der Waals surface area contributed by atoms with Crippen LogP contribution in [-0.2, 0) is 11.3 Å². The average Bonchev–Trinajstić information content (AvgIpc) is 2.48. The first-order chi connectivity index (χ1) is 10.0. The number of carbonyl (C=O) groups is 1. The summed E-state index contributed by atoms with van der Waals surface area (Å²) in [6.07, 6.45) is 3.21. The van der Waals surface area contributed by atoms with Crippen molar-refractivity contribution in [1.29, 1.82) is 0 Å². The lowest BCUT2D eigenvalue weighted by molar-refractivity contribution is -0.143. The molecule has 1 aliphatic carbocycles. The van der Waals surface area contributed by atoms with E-state index in [4.69, 9.17) is 21.4 Å². The van der Waals surface area contributed by atoms with E-state index in [9.17, 15) is 9.90 Å². The van der Waals surface area contributed by atoms with Crippen molar-refractivity contribution in [2.45, 2.75) is 38.3 Å². The van der Waals surface area contributed by atoms with Gasteiger partial charge in [0.05, 0.1) is 13.0 Å². The van der Waals surface area contributed by atoms with Crippen LogP contribution in [0, 0.1) is 5.92 Å². The van der Waals surface area contributed by atoms with E-state index in [0.29, 0.717) is 29.3 Å². The highest BCUT2D eigenvalue weighted by molar-refractivity contribution is 6.30. The number of methoxy groups -OCH3 is 1. The predicted octanol–water partition coefficient (Wildman–Crippen LogP) is 2.79. The molecule has 21 heavy (non-hydrogen) atoms. The molecule has 2 unspecified atom stereocenters. The van der Waals surface area contributed by atoms with Crippen LogP contribution < -0.4 is 10.1 Å². The molecule has 3 N–H and O–H groups in total. The number of carboxylic acid groups (broad SMARTS) is 1. The quantitative estimate of drug-likeness (QED) is 0.779. The van der Waals surface area contributed by atoms with Gasteiger partial charge in [-0.25, -0.2) is 0 Å². The van der Waals surface area contributed by atoms with Gasteiger partial charge in [0.25, 0.3) is 0 Å². The van der Waals surface area contributed by atoms with Crippen LogP contribution in [0.15, 0.2) is 12.1 Å². The maximum atomic E-state index is 11.1. The molecule has 2 rings (SSSR count). The number of hydrogen-bond donors (Lipinski definition) is 3. The summed E-state index contributed by atoms with van der Waals surface area (Å²) in [6, 6.07) is 3.38. The highest BCUT2D eigenvalue weighted by atomic mass is 35.5. The average molecular weight is 314 g/mol. The summed E-state index contributed by atoms with van der Waals surface area (Å²) in [5.74, 6) is -0.598. The minimum atomic E-state index is -0.728. The number of phenolic OH excluding ortho intramolecular Hbond substituents is 1. The number of phenols is 1. The van der Waals surface area contributed by atoms with E-state index in [0.717, 1.165) is 19.3 Å². The number of aromatic hydroxyl groups is 1. The second kappa shape index (κ2) is 7.00. The van der Waals surface area contributed by atoms with E-state index in [1.165, 1.54) is 7.11 Å². The van der Waals surface area contributed by atoms with Crippen LogP contribution in [0.5, 0.6) is 11.5 Å². The Morgan fingerprint density at radius 1 is 1.48 bits per heavy atom. The number of rotatable bonds is 5. The summed E-state index contributed by atoms with van der Waals surface area (Å²) in [4.78, 5) is 11.1. The number of benzene rings is 1. The third-order valence-electron chi connectivity index (χ3n) is 3.94. The van der Waals surface area contributed by atoms with E-state index in [1.807, 2.05) is 0 Å². The largest absolute Gasteiger partial charge is 0.504 e. The van der Waals surface area contributed by atoms with Gasteiger partial charge in [-0.1, -0.05) is 18.0 Å². The second-order valence-corrected chi connectivity index (χ2v) is 5.83. The van der Waals surface area contributed by atoms with Crippen LogP contribution in [0.3, 0.4) is 0 Å². The maximum Gasteiger partial charge on any atom is 0.306 e. The van der Waals surface area contributed by atoms with Crippen LogP contribution in [0.1, 0.15) is 31.2 Å². The summed E-state index contributed by atoms with van der Waals surface area (Å²) >= 11 is 5.99. The van der Waals surface area contributed by atoms with Crippen LogP contribution in [0.4, 0.5) is 0 Å². The summed E-state index contributed by atoms with van der Waals surface area (Å²) in [6.45, 7) is 0.430. The Bertz CT molecular complexity index is 521. The van der Waals surface area contributed by atoms with E-state index in [2.05, 4.69) is 5.32 Å². The van der Waals surface area contributed by atoms with Gasteiger partial charge >= 0.3 is 5.97 Å². The Morgan fingerprint density at radius 3 is 2.90 bits per heavy atom. The molecule has 0 heterocycles. The zero-order chi connectivity index (χ0) is 15.4. The number of hydrogen-bond acceptors (Lipinski definition) is 4. The Kier molecular flexibility index (Phi) is 5.31. The Balaban J connectivity index is 2.00. The predicted molar refractivity (Wildman–Crippen MR) is 79.9 cm³/mol. The van der Waals surface area contributed by atoms with Crippen LogP contribution in [-0.4, -0.2) is 29.3 Å². The molecule has 1 aromatic carbocycles. The fraction of sp³-hybridized carbons (Fsp3) is 0.533. The molecule has 0 amide bonds. The zero-order valence-corrected chi connectivity index (χ0v) is 12.7. The third kappa shape index (κ3) is 4.02. The van der Waals surface area contributed by atoms with Gasteiger partial charge in [0.15, 0.2) is 11.5 Å². The molecule has 0 spiro atoms. The van der Waals surface area contributed by atoms with Gasteiger partial charge < -0.3 is 20.3 Å². The SMILES string of the molecule is COc1cc(Cl)cc(CNC2CCCC(C(=O)O)C2)c1O. The van der Waals surface area contributed by atoms with Gasteiger partial charge in [-0.05, 0) is 25.3 Å². The van der Waals surface area contributed by atoms with Gasteiger partial charge in [0.2, 0.25) is 0 Å². The summed E-state index contributed by atoms with van der Waals surface area (Å²) in [5.41, 5.74) is 0.650. The van der Waals surface area contributed by atoms with Gasteiger partial charge in [-0.2, -0.15) is 0 Å². The van der Waals surface area contributed by atoms with Crippen LogP contribution in [0.2, 0.25) is 5.02 Å². The first-order valence-electron chi connectivity index (χ1n) is 7.02. The minimum absolute atomic E-state index is 0.0694. The molecule has 2 atom stereocenters. The lowest BCUT2D eigenvalue weighted by Gasteiger charge is -2.27. The normalized spacial score (nSPS) is 22.0. The fourth-order valence-electron chi connectivity index (χ4n) is 2.77. The molecule has 0 aromatic heterocycles. The van der Waals surface area contributed by atoms with Crippen molar-refractivity contribution < 1.29 is 19.7 Å². The lowest BCUT2D eigenvalue weighted by Crippen LogP contribution is -2.36. The van der Waals surface area contributed by atoms with E-state index in [-0.39, 0.29) is 17.7 Å². The first kappa shape index (κ1) is 15.9. The summed E-state index contributed by atoms with van der Waals surface area (Å²) in [7, 11) is 1.47. The highest BCUT2D eigenvalue weighted by Crippen LogP contribution is 2.33. The number of nitrogens with one attached hydrogen (secondary N) is 1. The summed E-state index contributed by atoms with van der Waals surface area (Å²) in [5, 5.41) is 23.0. The molecule has 6 heteroatoms. The second-order valence-electron chi connectivity index (χ2n) is 5.40. The molecule has 1 saturated carbocycles. The van der Waals surface area contributed by atoms with Crippen LogP contribution in [0.25, 0.3) is 0 Å². The van der Waals surface area contributed by atoms with Crippen molar-refractivity contribution in [3.05, 3.63) is 22.7 Å². The molecule has 1 aromatic rings. The maximum absolute atomic E-state index is 11.1. The molecule has 0 aliphatic heterocycles. The van der Waals surface area contributed by atoms with E-state index >= 15 is 0 Å². The van der Waals surface area contributed by atoms with E-state index in [1.54, 1.807) is 12.1 Å². The lowest BCUT2D eigenvalue weighted by atomic mass is 9.86. The van der Waals surface area contributed by atoms with Crippen molar-refractivity contribution in [3.8, 4) is 11.5 Å². The molecule has 116 valence electrons. The Labute approximate surface area is 128 Å². The molecule has 0 radical (unpaired) electrons. The number of halogens is 1. The molecule has 0 saturated heterocycles. The standard InChI is InChI=1S/C15H20ClNO4/c1-21-13-7-11(16)5-10(14(13)18)8-17-12-4-2-3-9(6-12)15(19)20/h5,7,9,12,17-18H,2-4,6,8H2,1H3,(H,19,20). The van der Waals surface area contributed by atoms with Crippen molar-refractivity contribution >= 4 is 17.6 Å². The van der Waals surface area contributed by atoms with Crippen molar-refractivity contribution in [1.82, 2.24) is 5.32 Å². The van der Waals surface area contributed by atoms with Crippen LogP contribution >= 0.6 is 11.6 Å². The van der Waals surface area contributed by atoms with Gasteiger partial charge in [0, 0.05) is 29.2 Å².